The zero-order valence-electron chi connectivity index (χ0n) is 5.32. The van der Waals surface area contributed by atoms with E-state index in [1.165, 1.54) is 0 Å². The molecule has 7 heteroatoms. The first-order chi connectivity index (χ1) is 4.50. The van der Waals surface area contributed by atoms with Crippen LogP contribution in [0.4, 0.5) is 0 Å². The SMILES string of the molecule is C1CNCN1.OP(O)(O)=S. The monoisotopic (exact) mass is 186 g/mol. The highest BCUT2D eigenvalue weighted by Crippen LogP contribution is 2.26. The minimum atomic E-state index is -3.81. The molecule has 1 aliphatic heterocycles. The summed E-state index contributed by atoms with van der Waals surface area (Å²) in [5.41, 5.74) is 0. The Bertz CT molecular complexity index is 107. The van der Waals surface area contributed by atoms with E-state index in [-0.39, 0.29) is 0 Å². The molecule has 0 spiro atoms. The molecular weight excluding hydrogens is 175 g/mol. The topological polar surface area (TPSA) is 84.8 Å². The van der Waals surface area contributed by atoms with Crippen LogP contribution in [0, 0.1) is 0 Å². The molecule has 5 nitrogen and oxygen atoms in total. The van der Waals surface area contributed by atoms with Gasteiger partial charge in [0.2, 0.25) is 0 Å². The van der Waals surface area contributed by atoms with Gasteiger partial charge in [0.1, 0.15) is 0 Å². The van der Waals surface area contributed by atoms with Crippen LogP contribution in [-0.2, 0) is 11.8 Å². The fourth-order valence-electron chi connectivity index (χ4n) is 0.442. The third-order valence-corrected chi connectivity index (χ3v) is 0.729. The summed E-state index contributed by atoms with van der Waals surface area (Å²) >= 11 is 3.60. The summed E-state index contributed by atoms with van der Waals surface area (Å²) in [5, 5.41) is 6.22. The van der Waals surface area contributed by atoms with Crippen molar-refractivity contribution in [1.29, 1.82) is 0 Å². The average Bonchev–Trinajstić information content (AvgIpc) is 2.07. The summed E-state index contributed by atoms with van der Waals surface area (Å²) in [6, 6.07) is 0. The lowest BCUT2D eigenvalue weighted by molar-refractivity contribution is 0.363. The third-order valence-electron chi connectivity index (χ3n) is 0.729. The van der Waals surface area contributed by atoms with Crippen molar-refractivity contribution < 1.29 is 14.7 Å². The summed E-state index contributed by atoms with van der Waals surface area (Å²) in [6.07, 6.45) is 0. The normalized spacial score (nSPS) is 17.9. The van der Waals surface area contributed by atoms with Gasteiger partial charge in [-0.1, -0.05) is 0 Å². The second-order valence-corrected chi connectivity index (χ2v) is 4.19. The van der Waals surface area contributed by atoms with Gasteiger partial charge >= 0.3 is 6.72 Å². The van der Waals surface area contributed by atoms with Gasteiger partial charge in [-0.15, -0.1) is 0 Å². The Labute approximate surface area is 64.3 Å². The molecule has 62 valence electrons. The molecule has 0 aromatic carbocycles. The second-order valence-electron chi connectivity index (χ2n) is 1.69. The summed E-state index contributed by atoms with van der Waals surface area (Å²) in [7, 11) is 0. The molecule has 0 radical (unpaired) electrons. The molecule has 0 aromatic rings. The highest BCUT2D eigenvalue weighted by atomic mass is 32.5. The first-order valence-corrected chi connectivity index (χ1v) is 5.36. The fraction of sp³-hybridized carbons (Fsp3) is 1.00. The largest absolute Gasteiger partial charge is 0.325 e. The fourth-order valence-corrected chi connectivity index (χ4v) is 0.442. The lowest BCUT2D eigenvalue weighted by atomic mass is 10.7. The zero-order chi connectivity index (χ0) is 8.04. The first-order valence-electron chi connectivity index (χ1n) is 2.70. The summed E-state index contributed by atoms with van der Waals surface area (Å²) < 4.78 is 0. The van der Waals surface area contributed by atoms with Crippen molar-refractivity contribution in [2.24, 2.45) is 0 Å². The predicted octanol–water partition coefficient (Wildman–Crippen LogP) is -1.68. The smallest absolute Gasteiger partial charge is 0.319 e. The van der Waals surface area contributed by atoms with Crippen molar-refractivity contribution in [3.63, 3.8) is 0 Å². The van der Waals surface area contributed by atoms with Crippen LogP contribution in [0.15, 0.2) is 0 Å². The predicted molar refractivity (Wildman–Crippen MR) is 41.8 cm³/mol. The van der Waals surface area contributed by atoms with Gasteiger partial charge in [0.05, 0.1) is 0 Å². The number of hydrogen-bond acceptors (Lipinski definition) is 3. The van der Waals surface area contributed by atoms with E-state index in [9.17, 15) is 0 Å². The Morgan fingerprint density at radius 1 is 1.10 bits per heavy atom. The molecule has 0 unspecified atom stereocenters. The molecule has 1 heterocycles. The molecule has 1 rings (SSSR count). The Hall–Kier alpha value is 0.450. The van der Waals surface area contributed by atoms with Crippen molar-refractivity contribution in [1.82, 2.24) is 10.6 Å². The molecule has 0 saturated carbocycles. The molecule has 10 heavy (non-hydrogen) atoms. The Morgan fingerprint density at radius 2 is 1.40 bits per heavy atom. The van der Waals surface area contributed by atoms with Crippen LogP contribution in [0.3, 0.4) is 0 Å². The standard InChI is InChI=1S/C3H8N2.H3O3PS/c1-2-5-3-4-1;1-4(2,3)5/h4-5H,1-3H2;(H3,1,2,3,5). The second kappa shape index (κ2) is 5.15. The van der Waals surface area contributed by atoms with Crippen LogP contribution >= 0.6 is 6.72 Å². The minimum absolute atomic E-state index is 1.00. The van der Waals surface area contributed by atoms with Gasteiger partial charge in [-0.2, -0.15) is 0 Å². The van der Waals surface area contributed by atoms with Gasteiger partial charge in [-0.25, -0.2) is 0 Å². The highest BCUT2D eigenvalue weighted by molar-refractivity contribution is 8.06. The lowest BCUT2D eigenvalue weighted by Gasteiger charge is -1.88. The Balaban J connectivity index is 0.000000162. The number of rotatable bonds is 0. The lowest BCUT2D eigenvalue weighted by Crippen LogP contribution is -2.11. The quantitative estimate of drug-likeness (QED) is 0.291. The van der Waals surface area contributed by atoms with E-state index >= 15 is 0 Å². The van der Waals surface area contributed by atoms with Crippen LogP contribution in [0.1, 0.15) is 0 Å². The van der Waals surface area contributed by atoms with E-state index in [1.54, 1.807) is 0 Å². The van der Waals surface area contributed by atoms with Gasteiger partial charge in [-0.3, -0.25) is 0 Å². The van der Waals surface area contributed by atoms with Crippen LogP contribution in [0.25, 0.3) is 0 Å². The highest BCUT2D eigenvalue weighted by Gasteiger charge is 1.92. The maximum atomic E-state index is 7.56. The van der Waals surface area contributed by atoms with E-state index < -0.39 is 6.72 Å². The van der Waals surface area contributed by atoms with E-state index in [4.69, 9.17) is 14.7 Å². The van der Waals surface area contributed by atoms with E-state index in [0.29, 0.717) is 0 Å². The molecule has 5 N–H and O–H groups in total. The zero-order valence-corrected chi connectivity index (χ0v) is 7.03. The van der Waals surface area contributed by atoms with Crippen LogP contribution in [0.5, 0.6) is 0 Å². The molecule has 1 saturated heterocycles. The molecule has 0 aromatic heterocycles. The maximum absolute atomic E-state index is 7.56. The van der Waals surface area contributed by atoms with Crippen LogP contribution in [0.2, 0.25) is 0 Å². The van der Waals surface area contributed by atoms with Gasteiger partial charge < -0.3 is 25.3 Å². The molecule has 0 amide bonds. The molecule has 1 fully saturated rings. The van der Waals surface area contributed by atoms with Gasteiger partial charge in [-0.05, 0) is 11.8 Å². The Morgan fingerprint density at radius 3 is 1.50 bits per heavy atom. The van der Waals surface area contributed by atoms with Crippen molar-refractivity contribution in [2.45, 2.75) is 0 Å². The maximum Gasteiger partial charge on any atom is 0.319 e. The van der Waals surface area contributed by atoms with Crippen LogP contribution in [-0.4, -0.2) is 34.4 Å². The molecule has 0 bridgehead atoms. The molecule has 0 atom stereocenters. The first kappa shape index (κ1) is 10.4. The molecule has 0 aliphatic carbocycles. The molecular formula is C3H11N2O3PS. The summed E-state index contributed by atoms with van der Waals surface area (Å²) in [4.78, 5) is 22.7. The minimum Gasteiger partial charge on any atom is -0.325 e. The van der Waals surface area contributed by atoms with Crippen molar-refractivity contribution in [3.05, 3.63) is 0 Å². The summed E-state index contributed by atoms with van der Waals surface area (Å²) in [5.74, 6) is 0. The third kappa shape index (κ3) is 15.8. The van der Waals surface area contributed by atoms with Gasteiger partial charge in [0.15, 0.2) is 0 Å². The number of hydrogen-bond donors (Lipinski definition) is 5. The Kier molecular flexibility index (Phi) is 5.38. The van der Waals surface area contributed by atoms with E-state index in [2.05, 4.69) is 22.4 Å². The van der Waals surface area contributed by atoms with Gasteiger partial charge in [0, 0.05) is 19.8 Å². The van der Waals surface area contributed by atoms with Crippen molar-refractivity contribution >= 4 is 18.5 Å². The summed E-state index contributed by atoms with van der Waals surface area (Å²) in [6.45, 7) is -0.528. The van der Waals surface area contributed by atoms with Crippen molar-refractivity contribution in [3.8, 4) is 0 Å². The average molecular weight is 186 g/mol. The van der Waals surface area contributed by atoms with E-state index in [1.807, 2.05) is 0 Å². The van der Waals surface area contributed by atoms with Crippen LogP contribution < -0.4 is 10.6 Å². The molecule has 1 aliphatic rings. The van der Waals surface area contributed by atoms with E-state index in [0.717, 1.165) is 19.8 Å². The number of nitrogens with one attached hydrogen (secondary N) is 2. The van der Waals surface area contributed by atoms with Crippen molar-refractivity contribution in [2.75, 3.05) is 19.8 Å². The van der Waals surface area contributed by atoms with Gasteiger partial charge in [0.25, 0.3) is 0 Å².